The van der Waals surface area contributed by atoms with Crippen LogP contribution in [-0.2, 0) is 16.1 Å². The molecule has 1 fully saturated rings. The quantitative estimate of drug-likeness (QED) is 0.762. The molecular weight excluding hydrogens is 378 g/mol. The summed E-state index contributed by atoms with van der Waals surface area (Å²) >= 11 is 0. The Morgan fingerprint density at radius 2 is 1.70 bits per heavy atom. The van der Waals surface area contributed by atoms with Crippen molar-refractivity contribution >= 4 is 23.2 Å². The Morgan fingerprint density at radius 1 is 1.00 bits per heavy atom. The van der Waals surface area contributed by atoms with Crippen LogP contribution in [0.3, 0.4) is 0 Å². The lowest BCUT2D eigenvalue weighted by Gasteiger charge is -2.32. The summed E-state index contributed by atoms with van der Waals surface area (Å²) in [5.41, 5.74) is 3.01. The minimum absolute atomic E-state index is 0.0155. The second-order valence-corrected chi connectivity index (χ2v) is 7.97. The van der Waals surface area contributed by atoms with Crippen LogP contribution in [0.15, 0.2) is 48.5 Å². The number of ether oxygens (including phenoxy) is 1. The number of anilines is 2. The maximum absolute atomic E-state index is 13.0. The van der Waals surface area contributed by atoms with Gasteiger partial charge in [-0.3, -0.25) is 14.5 Å². The number of amides is 2. The van der Waals surface area contributed by atoms with Gasteiger partial charge >= 0.3 is 0 Å². The highest BCUT2D eigenvalue weighted by molar-refractivity contribution is 6.00. The fourth-order valence-electron chi connectivity index (χ4n) is 4.18. The summed E-state index contributed by atoms with van der Waals surface area (Å²) in [7, 11) is 1.81. The van der Waals surface area contributed by atoms with Crippen LogP contribution in [0.1, 0.15) is 31.2 Å². The van der Waals surface area contributed by atoms with E-state index in [0.29, 0.717) is 24.6 Å². The first-order chi connectivity index (χ1) is 14.6. The lowest BCUT2D eigenvalue weighted by molar-refractivity contribution is -0.130. The number of rotatable bonds is 5. The van der Waals surface area contributed by atoms with E-state index in [9.17, 15) is 9.59 Å². The molecule has 4 rings (SSSR count). The molecule has 2 amide bonds. The third-order valence-corrected chi connectivity index (χ3v) is 5.85. The molecule has 0 aromatic heterocycles. The number of carbonyl (C=O) groups excluding carboxylic acids is 2. The van der Waals surface area contributed by atoms with Gasteiger partial charge in [-0.1, -0.05) is 30.3 Å². The molecule has 30 heavy (non-hydrogen) atoms. The largest absolute Gasteiger partial charge is 0.491 e. The zero-order valence-electron chi connectivity index (χ0n) is 17.5. The van der Waals surface area contributed by atoms with Crippen LogP contribution in [0.5, 0.6) is 5.75 Å². The average Bonchev–Trinajstić information content (AvgIpc) is 2.93. The molecule has 0 N–H and O–H groups in total. The number of carbonyl (C=O) groups is 2. The van der Waals surface area contributed by atoms with Crippen molar-refractivity contribution in [3.05, 3.63) is 54.1 Å². The van der Waals surface area contributed by atoms with E-state index in [1.165, 1.54) is 24.9 Å². The number of benzene rings is 2. The molecule has 2 aromatic carbocycles. The van der Waals surface area contributed by atoms with Crippen molar-refractivity contribution < 1.29 is 14.3 Å². The minimum atomic E-state index is -0.0894. The molecule has 1 saturated heterocycles. The van der Waals surface area contributed by atoms with Gasteiger partial charge in [0.05, 0.1) is 18.7 Å². The predicted octanol–water partition coefficient (Wildman–Crippen LogP) is 3.45. The fourth-order valence-corrected chi connectivity index (χ4v) is 4.18. The maximum Gasteiger partial charge on any atom is 0.242 e. The van der Waals surface area contributed by atoms with Gasteiger partial charge in [0.15, 0.2) is 0 Å². The Hall–Kier alpha value is -3.02. The van der Waals surface area contributed by atoms with Crippen molar-refractivity contribution in [3.8, 4) is 5.75 Å². The van der Waals surface area contributed by atoms with E-state index < -0.39 is 0 Å². The van der Waals surface area contributed by atoms with Crippen LogP contribution < -0.4 is 14.5 Å². The Balaban J connectivity index is 1.48. The van der Waals surface area contributed by atoms with Crippen molar-refractivity contribution in [2.75, 3.05) is 43.1 Å². The number of hydrogen-bond acceptors (Lipinski definition) is 4. The molecule has 158 valence electrons. The molecular formula is C24H29N3O3. The molecule has 0 bridgehead atoms. The van der Waals surface area contributed by atoms with Crippen LogP contribution in [-0.4, -0.2) is 50.0 Å². The molecule has 2 aliphatic heterocycles. The summed E-state index contributed by atoms with van der Waals surface area (Å²) in [5, 5.41) is 0. The number of likely N-dealkylation sites (N-methyl/N-ethyl adjacent to an activating group) is 1. The number of nitrogens with zero attached hydrogens (tertiary/aromatic N) is 3. The maximum atomic E-state index is 13.0. The summed E-state index contributed by atoms with van der Waals surface area (Å²) in [5.74, 6) is 0.471. The summed E-state index contributed by atoms with van der Waals surface area (Å²) in [6.07, 6.45) is 3.97. The van der Waals surface area contributed by atoms with Crippen LogP contribution >= 0.6 is 0 Å². The smallest absolute Gasteiger partial charge is 0.242 e. The van der Waals surface area contributed by atoms with Crippen molar-refractivity contribution in [1.29, 1.82) is 0 Å². The van der Waals surface area contributed by atoms with Gasteiger partial charge in [0.2, 0.25) is 11.8 Å². The zero-order valence-corrected chi connectivity index (χ0v) is 17.5. The number of hydrogen-bond donors (Lipinski definition) is 0. The monoisotopic (exact) mass is 407 g/mol. The molecule has 0 radical (unpaired) electrons. The molecule has 2 aliphatic rings. The van der Waals surface area contributed by atoms with Crippen molar-refractivity contribution in [3.63, 3.8) is 0 Å². The number of fused-ring (bicyclic) bond motifs is 1. The van der Waals surface area contributed by atoms with Gasteiger partial charge in [-0.25, -0.2) is 0 Å². The normalized spacial score (nSPS) is 16.5. The molecule has 0 spiro atoms. The first kappa shape index (κ1) is 20.3. The van der Waals surface area contributed by atoms with E-state index in [-0.39, 0.29) is 24.8 Å². The summed E-state index contributed by atoms with van der Waals surface area (Å²) < 4.78 is 5.68. The van der Waals surface area contributed by atoms with Crippen LogP contribution in [0.4, 0.5) is 11.4 Å². The van der Waals surface area contributed by atoms with Crippen LogP contribution in [0.25, 0.3) is 0 Å². The van der Waals surface area contributed by atoms with Crippen molar-refractivity contribution in [2.24, 2.45) is 0 Å². The van der Waals surface area contributed by atoms with Gasteiger partial charge in [0.1, 0.15) is 12.3 Å². The van der Waals surface area contributed by atoms with E-state index >= 15 is 0 Å². The second kappa shape index (κ2) is 9.20. The second-order valence-electron chi connectivity index (χ2n) is 7.97. The van der Waals surface area contributed by atoms with E-state index in [2.05, 4.69) is 23.1 Å². The van der Waals surface area contributed by atoms with Gasteiger partial charge in [-0.2, -0.15) is 0 Å². The van der Waals surface area contributed by atoms with Crippen molar-refractivity contribution in [1.82, 2.24) is 4.90 Å². The Morgan fingerprint density at radius 3 is 2.50 bits per heavy atom. The molecule has 6 nitrogen and oxygen atoms in total. The zero-order chi connectivity index (χ0) is 20.9. The summed E-state index contributed by atoms with van der Waals surface area (Å²) in [6, 6.07) is 15.7. The molecule has 0 atom stereocenters. The topological polar surface area (TPSA) is 53.1 Å². The Labute approximate surface area is 178 Å². The molecule has 2 heterocycles. The SMILES string of the molecule is CN(Cc1ccccc1N1CCCCC1)C(=O)CN1C(=O)CCOc2ccccc21. The van der Waals surface area contributed by atoms with E-state index in [4.69, 9.17) is 4.74 Å². The third kappa shape index (κ3) is 4.42. The Kier molecular flexibility index (Phi) is 6.21. The molecule has 0 unspecified atom stereocenters. The number of piperidine rings is 1. The van der Waals surface area contributed by atoms with Crippen LogP contribution in [0.2, 0.25) is 0 Å². The van der Waals surface area contributed by atoms with Gasteiger partial charge in [0.25, 0.3) is 0 Å². The first-order valence-corrected chi connectivity index (χ1v) is 10.7. The van der Waals surface area contributed by atoms with E-state index in [1.54, 1.807) is 16.8 Å². The highest BCUT2D eigenvalue weighted by Gasteiger charge is 2.26. The molecule has 0 saturated carbocycles. The lowest BCUT2D eigenvalue weighted by atomic mass is 10.1. The summed E-state index contributed by atoms with van der Waals surface area (Å²) in [6.45, 7) is 2.99. The first-order valence-electron chi connectivity index (χ1n) is 10.7. The van der Waals surface area contributed by atoms with Gasteiger partial charge in [-0.05, 0) is 43.0 Å². The lowest BCUT2D eigenvalue weighted by Crippen LogP contribution is -2.41. The highest BCUT2D eigenvalue weighted by atomic mass is 16.5. The average molecular weight is 408 g/mol. The fraction of sp³-hybridized carbons (Fsp3) is 0.417. The molecule has 0 aliphatic carbocycles. The van der Waals surface area contributed by atoms with Crippen LogP contribution in [0, 0.1) is 0 Å². The minimum Gasteiger partial charge on any atom is -0.491 e. The molecule has 6 heteroatoms. The summed E-state index contributed by atoms with van der Waals surface area (Å²) in [4.78, 5) is 31.4. The van der Waals surface area contributed by atoms with Crippen molar-refractivity contribution in [2.45, 2.75) is 32.2 Å². The van der Waals surface area contributed by atoms with E-state index in [0.717, 1.165) is 18.7 Å². The van der Waals surface area contributed by atoms with Gasteiger partial charge < -0.3 is 14.5 Å². The van der Waals surface area contributed by atoms with Gasteiger partial charge in [0, 0.05) is 32.4 Å². The molecule has 2 aromatic rings. The Bertz CT molecular complexity index is 908. The third-order valence-electron chi connectivity index (χ3n) is 5.85. The predicted molar refractivity (Wildman–Crippen MR) is 118 cm³/mol. The number of para-hydroxylation sites is 3. The van der Waals surface area contributed by atoms with Gasteiger partial charge in [-0.15, -0.1) is 0 Å². The van der Waals surface area contributed by atoms with E-state index in [1.807, 2.05) is 30.3 Å². The standard InChI is InChI=1S/C24H29N3O3/c1-25(17-19-9-3-4-10-20(19)26-14-7-2-8-15-26)24(29)18-27-21-11-5-6-12-22(21)30-16-13-23(27)28/h3-6,9-12H,2,7-8,13-18H2,1H3. The highest BCUT2D eigenvalue weighted by Crippen LogP contribution is 2.31.